The van der Waals surface area contributed by atoms with Gasteiger partial charge in [-0.2, -0.15) is 9.97 Å². The van der Waals surface area contributed by atoms with Crippen molar-refractivity contribution in [1.82, 2.24) is 24.8 Å². The van der Waals surface area contributed by atoms with Crippen molar-refractivity contribution in [2.24, 2.45) is 0 Å². The molecule has 252 valence electrons. The molecule has 4 saturated heterocycles. The first kappa shape index (κ1) is 31.2. The quantitative estimate of drug-likeness (QED) is 0.217. The lowest BCUT2D eigenvalue weighted by molar-refractivity contribution is 0.0122. The van der Waals surface area contributed by atoms with Gasteiger partial charge in [-0.05, 0) is 95.1 Å². The second-order valence-corrected chi connectivity index (χ2v) is 15.1. The van der Waals surface area contributed by atoms with Crippen molar-refractivity contribution in [3.05, 3.63) is 54.0 Å². The lowest BCUT2D eigenvalue weighted by Crippen LogP contribution is -2.57. The number of hydrogen-bond donors (Lipinski definition) is 0. The Balaban J connectivity index is 1.21. The number of pyridine rings is 1. The topological polar surface area (TPSA) is 83.9 Å². The Morgan fingerprint density at radius 2 is 1.73 bits per heavy atom. The summed E-state index contributed by atoms with van der Waals surface area (Å²) in [7, 11) is 0. The minimum atomic E-state index is -0.570. The molecule has 0 unspecified atom stereocenters. The van der Waals surface area contributed by atoms with E-state index in [4.69, 9.17) is 24.4 Å². The molecule has 0 N–H and O–H groups in total. The van der Waals surface area contributed by atoms with Gasteiger partial charge in [-0.15, -0.1) is 0 Å². The van der Waals surface area contributed by atoms with Gasteiger partial charge in [0.05, 0.1) is 23.0 Å². The van der Waals surface area contributed by atoms with Gasteiger partial charge < -0.3 is 14.4 Å². The highest BCUT2D eigenvalue weighted by Gasteiger charge is 2.46. The van der Waals surface area contributed by atoms with Crippen LogP contribution in [-0.4, -0.2) is 86.9 Å². The van der Waals surface area contributed by atoms with Crippen LogP contribution in [-0.2, 0) is 11.2 Å². The molecule has 9 nitrogen and oxygen atoms in total. The van der Waals surface area contributed by atoms with E-state index in [-0.39, 0.29) is 40.9 Å². The summed E-state index contributed by atoms with van der Waals surface area (Å²) in [6.07, 6.45) is 8.52. The summed E-state index contributed by atoms with van der Waals surface area (Å²) in [4.78, 5) is 34.3. The summed E-state index contributed by atoms with van der Waals surface area (Å²) < 4.78 is 29.2. The number of hydrogen-bond acceptors (Lipinski definition) is 8. The van der Waals surface area contributed by atoms with Crippen molar-refractivity contribution in [3.8, 4) is 17.3 Å². The molecule has 1 amide bonds. The molecular formula is C38H45FN6O3. The zero-order chi connectivity index (χ0) is 33.2. The van der Waals surface area contributed by atoms with Gasteiger partial charge in [0.1, 0.15) is 29.2 Å². The molecule has 4 aliphatic rings. The van der Waals surface area contributed by atoms with E-state index in [1.807, 2.05) is 43.9 Å². The Morgan fingerprint density at radius 3 is 2.42 bits per heavy atom. The van der Waals surface area contributed by atoms with Crippen LogP contribution in [0.4, 0.5) is 15.0 Å². The number of halogens is 1. The highest BCUT2D eigenvalue weighted by atomic mass is 19.1. The van der Waals surface area contributed by atoms with E-state index < -0.39 is 11.4 Å². The fourth-order valence-electron chi connectivity index (χ4n) is 8.77. The predicted molar refractivity (Wildman–Crippen MR) is 185 cm³/mol. The summed E-state index contributed by atoms with van der Waals surface area (Å²) in [5.41, 5.74) is 1.81. The van der Waals surface area contributed by atoms with Crippen LogP contribution < -0.4 is 9.64 Å². The maximum atomic E-state index is 17.0. The summed E-state index contributed by atoms with van der Waals surface area (Å²) in [6.45, 7) is 11.6. The Morgan fingerprint density at radius 1 is 1.02 bits per heavy atom. The zero-order valence-electron chi connectivity index (χ0n) is 28.5. The SMILES string of the molecule is CCc1cccc2cccc(-c3ncc4c(N5C[C@H]6CC[C@@H](C5)N6C(=O)OC(C)(C)C)nc(OCC56CCCN5CCC6)nc4c3F)c12. The number of carbonyl (C=O) groups excluding carboxylic acids is 1. The number of amides is 1. The second-order valence-electron chi connectivity index (χ2n) is 15.1. The molecule has 2 aromatic carbocycles. The van der Waals surface area contributed by atoms with Crippen LogP contribution in [0.25, 0.3) is 32.9 Å². The van der Waals surface area contributed by atoms with Crippen LogP contribution in [0.2, 0.25) is 0 Å². The average Bonchev–Trinajstić information content (AvgIpc) is 3.73. The van der Waals surface area contributed by atoms with Crippen LogP contribution in [0, 0.1) is 5.82 Å². The molecule has 4 fully saturated rings. The highest BCUT2D eigenvalue weighted by molar-refractivity contribution is 6.00. The van der Waals surface area contributed by atoms with E-state index >= 15 is 4.39 Å². The standard InChI is InChI=1S/C38H45FN6O3/c1-5-24-10-6-11-25-12-7-13-28(30(24)25)32-31(39)33-29(20-40-32)34(42-35(41-33)47-23-38-16-8-18-44(38)19-9-17-38)43-21-26-14-15-27(22-43)45(26)36(46)48-37(2,3)4/h6-7,10-13,20,26-27H,5,8-9,14-19,21-23H2,1-4H3/t26-,27+. The summed E-state index contributed by atoms with van der Waals surface area (Å²) in [6, 6.07) is 12.3. The van der Waals surface area contributed by atoms with Gasteiger partial charge in [-0.1, -0.05) is 43.3 Å². The van der Waals surface area contributed by atoms with E-state index in [0.717, 1.165) is 79.9 Å². The van der Waals surface area contributed by atoms with Crippen LogP contribution in [0.5, 0.6) is 6.01 Å². The minimum absolute atomic E-state index is 0.00190. The Kier molecular flexibility index (Phi) is 7.69. The summed E-state index contributed by atoms with van der Waals surface area (Å²) in [5.74, 6) is 0.129. The Labute approximate surface area is 281 Å². The van der Waals surface area contributed by atoms with Gasteiger partial charge in [0.2, 0.25) is 0 Å². The molecule has 48 heavy (non-hydrogen) atoms. The normalized spacial score (nSPS) is 22.1. The first-order valence-electron chi connectivity index (χ1n) is 17.7. The largest absolute Gasteiger partial charge is 0.461 e. The molecule has 2 atom stereocenters. The second kappa shape index (κ2) is 11.8. The number of aromatic nitrogens is 3. The van der Waals surface area contributed by atoms with Crippen LogP contribution in [0.1, 0.15) is 71.8 Å². The highest BCUT2D eigenvalue weighted by Crippen LogP contribution is 2.41. The molecule has 10 heteroatoms. The summed E-state index contributed by atoms with van der Waals surface area (Å²) >= 11 is 0. The third-order valence-electron chi connectivity index (χ3n) is 10.9. The predicted octanol–water partition coefficient (Wildman–Crippen LogP) is 7.14. The molecule has 2 bridgehead atoms. The van der Waals surface area contributed by atoms with Crippen molar-refractivity contribution < 1.29 is 18.7 Å². The first-order chi connectivity index (χ1) is 23.1. The van der Waals surface area contributed by atoms with Crippen molar-refractivity contribution in [2.75, 3.05) is 37.7 Å². The van der Waals surface area contributed by atoms with Crippen molar-refractivity contribution >= 4 is 33.6 Å². The maximum Gasteiger partial charge on any atom is 0.410 e. The van der Waals surface area contributed by atoms with E-state index in [1.54, 1.807) is 6.20 Å². The van der Waals surface area contributed by atoms with Gasteiger partial charge in [0.25, 0.3) is 0 Å². The minimum Gasteiger partial charge on any atom is -0.461 e. The van der Waals surface area contributed by atoms with Crippen molar-refractivity contribution in [1.29, 1.82) is 0 Å². The third kappa shape index (κ3) is 5.32. The average molecular weight is 653 g/mol. The third-order valence-corrected chi connectivity index (χ3v) is 10.9. The molecule has 4 aliphatic heterocycles. The van der Waals surface area contributed by atoms with Crippen molar-refractivity contribution in [2.45, 2.75) is 95.9 Å². The number of piperazine rings is 1. The molecular weight excluding hydrogens is 607 g/mol. The van der Waals surface area contributed by atoms with Gasteiger partial charge in [-0.3, -0.25) is 14.8 Å². The molecule has 6 heterocycles. The monoisotopic (exact) mass is 652 g/mol. The Bertz CT molecular complexity index is 1860. The van der Waals surface area contributed by atoms with Gasteiger partial charge in [0, 0.05) is 24.8 Å². The number of anilines is 1. The smallest absolute Gasteiger partial charge is 0.410 e. The van der Waals surface area contributed by atoms with E-state index in [0.29, 0.717) is 30.9 Å². The van der Waals surface area contributed by atoms with E-state index in [1.165, 1.54) is 0 Å². The van der Waals surface area contributed by atoms with E-state index in [2.05, 4.69) is 34.9 Å². The molecule has 0 radical (unpaired) electrons. The molecule has 0 saturated carbocycles. The molecule has 4 aromatic rings. The Hall–Kier alpha value is -4.05. The fourth-order valence-corrected chi connectivity index (χ4v) is 8.77. The number of aryl methyl sites for hydroxylation is 1. The number of nitrogens with zero attached hydrogens (tertiary/aromatic N) is 6. The number of fused-ring (bicyclic) bond motifs is 5. The van der Waals surface area contributed by atoms with Crippen LogP contribution >= 0.6 is 0 Å². The summed E-state index contributed by atoms with van der Waals surface area (Å²) in [5, 5.41) is 2.61. The first-order valence-corrected chi connectivity index (χ1v) is 17.7. The molecule has 0 aliphatic carbocycles. The number of rotatable bonds is 6. The number of benzene rings is 2. The molecule has 2 aromatic heterocycles. The van der Waals surface area contributed by atoms with Gasteiger partial charge >= 0.3 is 12.1 Å². The fraction of sp³-hybridized carbons (Fsp3) is 0.526. The number of ether oxygens (including phenoxy) is 2. The molecule has 0 spiro atoms. The maximum absolute atomic E-state index is 17.0. The lowest BCUT2D eigenvalue weighted by Gasteiger charge is -2.42. The zero-order valence-corrected chi connectivity index (χ0v) is 28.5. The van der Waals surface area contributed by atoms with Gasteiger partial charge in [-0.25, -0.2) is 9.18 Å². The van der Waals surface area contributed by atoms with Gasteiger partial charge in [0.15, 0.2) is 5.82 Å². The van der Waals surface area contributed by atoms with Crippen LogP contribution in [0.15, 0.2) is 42.6 Å². The van der Waals surface area contributed by atoms with E-state index in [9.17, 15) is 4.79 Å². The van der Waals surface area contributed by atoms with Crippen molar-refractivity contribution in [3.63, 3.8) is 0 Å². The van der Waals surface area contributed by atoms with Crippen LogP contribution in [0.3, 0.4) is 0 Å². The number of carbonyl (C=O) groups is 1. The lowest BCUT2D eigenvalue weighted by atomic mass is 9.95. The molecule has 8 rings (SSSR count).